The van der Waals surface area contributed by atoms with Gasteiger partial charge in [-0.05, 0) is 0 Å². The quantitative estimate of drug-likeness (QED) is 0.279. The molecule has 5 atom stereocenters. The van der Waals surface area contributed by atoms with Crippen LogP contribution in [0.3, 0.4) is 0 Å². The van der Waals surface area contributed by atoms with Gasteiger partial charge in [0.25, 0.3) is 0 Å². The molecule has 0 spiro atoms. The molecule has 74 valence electrons. The minimum absolute atomic E-state index is 0. The molecule has 0 aromatic rings. The summed E-state index contributed by atoms with van der Waals surface area (Å²) in [5, 5.41) is 44.7. The van der Waals surface area contributed by atoms with Gasteiger partial charge < -0.3 is 30.3 Å². The second-order valence-electron chi connectivity index (χ2n) is 2.72. The molecule has 0 bridgehead atoms. The second-order valence-corrected chi connectivity index (χ2v) is 2.72. The van der Waals surface area contributed by atoms with Crippen LogP contribution in [0.1, 0.15) is 0 Å². The third-order valence-electron chi connectivity index (χ3n) is 1.87. The van der Waals surface area contributed by atoms with Crippen LogP contribution in [0.4, 0.5) is 0 Å². The van der Waals surface area contributed by atoms with Crippen molar-refractivity contribution in [3.63, 3.8) is 0 Å². The van der Waals surface area contributed by atoms with E-state index >= 15 is 0 Å². The molecule has 0 saturated carbocycles. The third-order valence-corrected chi connectivity index (χ3v) is 1.87. The summed E-state index contributed by atoms with van der Waals surface area (Å²) in [6, 6.07) is 0. The van der Waals surface area contributed by atoms with E-state index in [1.54, 1.807) is 0 Å². The van der Waals surface area contributed by atoms with Crippen LogP contribution in [-0.2, 0) is 4.74 Å². The Bertz CT molecular complexity index is 151. The Morgan fingerprint density at radius 1 is 0.923 bits per heavy atom. The summed E-state index contributed by atoms with van der Waals surface area (Å²) in [5.74, 6) is 0. The van der Waals surface area contributed by atoms with Crippen LogP contribution >= 0.6 is 0 Å². The zero-order valence-corrected chi connectivity index (χ0v) is 6.24. The molecule has 13 heavy (non-hydrogen) atoms. The van der Waals surface area contributed by atoms with E-state index in [0.717, 1.165) is 0 Å². The molecule has 5 N–H and O–H groups in total. The average Bonchev–Trinajstić information content (AvgIpc) is 2.08. The summed E-state index contributed by atoms with van der Waals surface area (Å²) < 4.78 is 4.58. The predicted octanol–water partition coefficient (Wildman–Crippen LogP) is -3.87. The van der Waals surface area contributed by atoms with Crippen molar-refractivity contribution < 1.29 is 30.3 Å². The van der Waals surface area contributed by atoms with Crippen LogP contribution < -0.4 is 0 Å². The van der Waals surface area contributed by atoms with Crippen LogP contribution in [0, 0.1) is 0 Å². The summed E-state index contributed by atoms with van der Waals surface area (Å²) in [6.07, 6.45) is -7.04. The first kappa shape index (κ1) is 13.8. The van der Waals surface area contributed by atoms with Crippen molar-refractivity contribution in [1.82, 2.24) is 0 Å². The molecule has 1 heterocycles. The standard InChI is InChI=1S/C6H12O6.Na.H/c7-1-2-3(8)4(9)5(10)6(11)12-2;;/h2-11H,1H2;;/t2-,3-,4+,5-,6+;;/m1../s1. The molecule has 7 heteroatoms. The zero-order chi connectivity index (χ0) is 9.30. The van der Waals surface area contributed by atoms with Crippen molar-refractivity contribution in [2.75, 3.05) is 6.61 Å². The molecular weight excluding hydrogens is 191 g/mol. The minimum atomic E-state index is -1.57. The third kappa shape index (κ3) is 2.85. The van der Waals surface area contributed by atoms with E-state index in [4.69, 9.17) is 25.5 Å². The molecule has 6 nitrogen and oxygen atoms in total. The number of ether oxygens (including phenoxy) is 1. The Morgan fingerprint density at radius 3 is 1.92 bits per heavy atom. The first-order chi connectivity index (χ1) is 5.57. The molecule has 1 aliphatic rings. The van der Waals surface area contributed by atoms with E-state index in [2.05, 4.69) is 4.74 Å². The number of aliphatic hydroxyl groups excluding tert-OH is 5. The van der Waals surface area contributed by atoms with Gasteiger partial charge in [-0.2, -0.15) is 0 Å². The van der Waals surface area contributed by atoms with Gasteiger partial charge in [-0.3, -0.25) is 0 Å². The Kier molecular flexibility index (Phi) is 5.92. The van der Waals surface area contributed by atoms with E-state index < -0.39 is 37.3 Å². The van der Waals surface area contributed by atoms with Gasteiger partial charge in [0.2, 0.25) is 0 Å². The van der Waals surface area contributed by atoms with Crippen molar-refractivity contribution in [2.24, 2.45) is 0 Å². The summed E-state index contributed by atoms with van der Waals surface area (Å²) >= 11 is 0. The zero-order valence-electron chi connectivity index (χ0n) is 6.24. The van der Waals surface area contributed by atoms with Gasteiger partial charge in [0.05, 0.1) is 6.61 Å². The Hall–Kier alpha value is 0.760. The Balaban J connectivity index is 0.00000144. The summed E-state index contributed by atoms with van der Waals surface area (Å²) in [4.78, 5) is 0. The fraction of sp³-hybridized carbons (Fsp3) is 1.00. The fourth-order valence-corrected chi connectivity index (χ4v) is 1.08. The van der Waals surface area contributed by atoms with E-state index in [1.807, 2.05) is 0 Å². The van der Waals surface area contributed by atoms with Crippen LogP contribution in [0.15, 0.2) is 0 Å². The molecule has 1 rings (SSSR count). The molecule has 1 fully saturated rings. The number of rotatable bonds is 1. The molecular formula is C6H13NaO6. The molecule has 0 aromatic carbocycles. The number of hydrogen-bond donors (Lipinski definition) is 5. The van der Waals surface area contributed by atoms with E-state index in [0.29, 0.717) is 0 Å². The van der Waals surface area contributed by atoms with E-state index in [9.17, 15) is 0 Å². The van der Waals surface area contributed by atoms with Crippen LogP contribution in [0.2, 0.25) is 0 Å². The van der Waals surface area contributed by atoms with Crippen LogP contribution in [0.25, 0.3) is 0 Å². The summed E-state index contributed by atoms with van der Waals surface area (Å²) in [5.41, 5.74) is 0. The van der Waals surface area contributed by atoms with Crippen molar-refractivity contribution in [3.8, 4) is 0 Å². The topological polar surface area (TPSA) is 110 Å². The maximum atomic E-state index is 9.12. The Labute approximate surface area is 97.1 Å². The average molecular weight is 204 g/mol. The monoisotopic (exact) mass is 204 g/mol. The first-order valence-electron chi connectivity index (χ1n) is 3.56. The van der Waals surface area contributed by atoms with Crippen molar-refractivity contribution in [2.45, 2.75) is 30.7 Å². The van der Waals surface area contributed by atoms with Gasteiger partial charge in [0.1, 0.15) is 24.4 Å². The summed E-state index contributed by atoms with van der Waals surface area (Å²) in [6.45, 7) is -0.526. The molecule has 0 unspecified atom stereocenters. The SMILES string of the molecule is OC[C@H]1O[C@H](O)[C@H](O)[C@@H](O)[C@@H]1O.[NaH]. The van der Waals surface area contributed by atoms with Gasteiger partial charge in [0.15, 0.2) is 6.29 Å². The van der Waals surface area contributed by atoms with Crippen molar-refractivity contribution >= 4 is 29.6 Å². The van der Waals surface area contributed by atoms with Gasteiger partial charge in [0, 0.05) is 0 Å². The van der Waals surface area contributed by atoms with E-state index in [-0.39, 0.29) is 29.6 Å². The molecule has 0 amide bonds. The van der Waals surface area contributed by atoms with Gasteiger partial charge in [-0.1, -0.05) is 0 Å². The Morgan fingerprint density at radius 2 is 1.46 bits per heavy atom. The predicted molar refractivity (Wildman–Crippen MR) is 43.1 cm³/mol. The first-order valence-corrected chi connectivity index (χ1v) is 3.56. The molecule has 0 aromatic heterocycles. The second kappa shape index (κ2) is 5.59. The van der Waals surface area contributed by atoms with Crippen molar-refractivity contribution in [3.05, 3.63) is 0 Å². The van der Waals surface area contributed by atoms with Gasteiger partial charge >= 0.3 is 29.6 Å². The van der Waals surface area contributed by atoms with Gasteiger partial charge in [-0.15, -0.1) is 0 Å². The van der Waals surface area contributed by atoms with Crippen molar-refractivity contribution in [1.29, 1.82) is 0 Å². The van der Waals surface area contributed by atoms with Crippen LogP contribution in [-0.4, -0.2) is 92.4 Å². The van der Waals surface area contributed by atoms with Crippen LogP contribution in [0.5, 0.6) is 0 Å². The van der Waals surface area contributed by atoms with Gasteiger partial charge in [-0.25, -0.2) is 0 Å². The summed E-state index contributed by atoms with van der Waals surface area (Å²) in [7, 11) is 0. The normalized spacial score (nSPS) is 45.5. The number of aliphatic hydroxyl groups is 5. The van der Waals surface area contributed by atoms with E-state index in [1.165, 1.54) is 0 Å². The number of hydrogen-bond acceptors (Lipinski definition) is 6. The fourth-order valence-electron chi connectivity index (χ4n) is 1.08. The molecule has 0 aliphatic carbocycles. The molecule has 0 radical (unpaired) electrons. The molecule has 1 saturated heterocycles. The molecule has 1 aliphatic heterocycles. The maximum absolute atomic E-state index is 9.12.